The third-order valence-corrected chi connectivity index (χ3v) is 1.86. The molecule has 1 amide bonds. The van der Waals surface area contributed by atoms with E-state index in [1.807, 2.05) is 0 Å². The molecule has 0 bridgehead atoms. The highest BCUT2D eigenvalue weighted by Crippen LogP contribution is 2.13. The second-order valence-corrected chi connectivity index (χ2v) is 2.90. The average Bonchev–Trinajstić information content (AvgIpc) is 2.14. The van der Waals surface area contributed by atoms with Gasteiger partial charge in [-0.25, -0.2) is 4.79 Å². The number of nitrogens with zero attached hydrogens (tertiary/aromatic N) is 1. The van der Waals surface area contributed by atoms with Crippen molar-refractivity contribution in [1.82, 2.24) is 4.90 Å². The highest BCUT2D eigenvalue weighted by Gasteiger charge is 2.22. The summed E-state index contributed by atoms with van der Waals surface area (Å²) in [6.45, 7) is 1.22. The van der Waals surface area contributed by atoms with Gasteiger partial charge in [-0.1, -0.05) is 0 Å². The van der Waals surface area contributed by atoms with Gasteiger partial charge >= 0.3 is 6.09 Å². The molecular weight excluding hydrogens is 138 g/mol. The fourth-order valence-electron chi connectivity index (χ4n) is 0.916. The molecule has 1 rings (SSSR count). The van der Waals surface area contributed by atoms with Gasteiger partial charge in [-0.3, -0.25) is 0 Å². The number of thiol groups is 1. The van der Waals surface area contributed by atoms with Crippen LogP contribution in [0, 0.1) is 0 Å². The van der Waals surface area contributed by atoms with Crippen LogP contribution < -0.4 is 0 Å². The van der Waals surface area contributed by atoms with Gasteiger partial charge in [0.1, 0.15) is 0 Å². The molecule has 0 aromatic rings. The predicted molar refractivity (Wildman–Crippen MR) is 37.0 cm³/mol. The lowest BCUT2D eigenvalue weighted by Crippen LogP contribution is -2.26. The molecule has 1 atom stereocenters. The van der Waals surface area contributed by atoms with E-state index in [2.05, 4.69) is 12.6 Å². The lowest BCUT2D eigenvalue weighted by molar-refractivity contribution is 0.156. The van der Waals surface area contributed by atoms with E-state index in [4.69, 9.17) is 5.11 Å². The fraction of sp³-hybridized carbons (Fsp3) is 0.800. The highest BCUT2D eigenvalue weighted by molar-refractivity contribution is 7.81. The van der Waals surface area contributed by atoms with Gasteiger partial charge in [-0.15, -0.1) is 0 Å². The standard InChI is InChI=1S/C5H9NO2S/c7-5(8)6-2-1-4(9)3-6/h4,9H,1-3H2,(H,7,8)/t4-/m1/s1. The summed E-state index contributed by atoms with van der Waals surface area (Å²) in [6.07, 6.45) is 0.0571. The molecule has 0 unspecified atom stereocenters. The Kier molecular flexibility index (Phi) is 1.85. The van der Waals surface area contributed by atoms with E-state index in [0.717, 1.165) is 6.42 Å². The Morgan fingerprint density at radius 2 is 2.44 bits per heavy atom. The molecule has 1 N–H and O–H groups in total. The normalized spacial score (nSPS) is 26.8. The summed E-state index contributed by atoms with van der Waals surface area (Å²) in [5.41, 5.74) is 0. The number of amides is 1. The van der Waals surface area contributed by atoms with Crippen molar-refractivity contribution in [3.8, 4) is 0 Å². The number of likely N-dealkylation sites (tertiary alicyclic amines) is 1. The molecule has 9 heavy (non-hydrogen) atoms. The maximum atomic E-state index is 10.2. The van der Waals surface area contributed by atoms with Crippen molar-refractivity contribution in [3.05, 3.63) is 0 Å². The van der Waals surface area contributed by atoms with Crippen LogP contribution in [0.15, 0.2) is 0 Å². The molecular formula is C5H9NO2S. The van der Waals surface area contributed by atoms with Gasteiger partial charge in [-0.2, -0.15) is 12.6 Å². The smallest absolute Gasteiger partial charge is 0.407 e. The second-order valence-electron chi connectivity index (χ2n) is 2.17. The average molecular weight is 147 g/mol. The van der Waals surface area contributed by atoms with Gasteiger partial charge in [0.15, 0.2) is 0 Å². The molecule has 1 heterocycles. The topological polar surface area (TPSA) is 40.5 Å². The lowest BCUT2D eigenvalue weighted by atomic mass is 10.4. The van der Waals surface area contributed by atoms with Crippen LogP contribution in [0.4, 0.5) is 4.79 Å². The summed E-state index contributed by atoms with van der Waals surface area (Å²) in [5.74, 6) is 0. The van der Waals surface area contributed by atoms with E-state index < -0.39 is 6.09 Å². The molecule has 3 nitrogen and oxygen atoms in total. The zero-order valence-electron chi connectivity index (χ0n) is 4.95. The van der Waals surface area contributed by atoms with Crippen LogP contribution in [0.5, 0.6) is 0 Å². The van der Waals surface area contributed by atoms with Crippen molar-refractivity contribution >= 4 is 18.7 Å². The largest absolute Gasteiger partial charge is 0.465 e. The van der Waals surface area contributed by atoms with Gasteiger partial charge in [0, 0.05) is 18.3 Å². The molecule has 1 saturated heterocycles. The highest BCUT2D eigenvalue weighted by atomic mass is 32.1. The molecule has 52 valence electrons. The van der Waals surface area contributed by atoms with Crippen LogP contribution in [0.2, 0.25) is 0 Å². The summed E-state index contributed by atoms with van der Waals surface area (Å²) in [6, 6.07) is 0. The van der Waals surface area contributed by atoms with Crippen molar-refractivity contribution < 1.29 is 9.90 Å². The zero-order valence-corrected chi connectivity index (χ0v) is 5.84. The molecule has 4 heteroatoms. The molecule has 0 spiro atoms. The Hall–Kier alpha value is -0.380. The van der Waals surface area contributed by atoms with Crippen LogP contribution in [-0.2, 0) is 0 Å². The van der Waals surface area contributed by atoms with Crippen LogP contribution in [-0.4, -0.2) is 34.4 Å². The minimum absolute atomic E-state index is 0.251. The second kappa shape index (κ2) is 2.47. The predicted octanol–water partition coefficient (Wildman–Crippen LogP) is 0.669. The first kappa shape index (κ1) is 6.74. The van der Waals surface area contributed by atoms with Gasteiger partial charge in [0.25, 0.3) is 0 Å². The summed E-state index contributed by atoms with van der Waals surface area (Å²) in [5, 5.41) is 8.67. The minimum Gasteiger partial charge on any atom is -0.465 e. The van der Waals surface area contributed by atoms with Gasteiger partial charge in [0.2, 0.25) is 0 Å². The number of carbonyl (C=O) groups is 1. The number of hydrogen-bond donors (Lipinski definition) is 2. The Morgan fingerprint density at radius 1 is 1.78 bits per heavy atom. The maximum absolute atomic E-state index is 10.2. The van der Waals surface area contributed by atoms with Crippen LogP contribution in [0.25, 0.3) is 0 Å². The van der Waals surface area contributed by atoms with Gasteiger partial charge in [0.05, 0.1) is 0 Å². The summed E-state index contributed by atoms with van der Waals surface area (Å²) in [7, 11) is 0. The van der Waals surface area contributed by atoms with Gasteiger partial charge < -0.3 is 10.0 Å². The van der Waals surface area contributed by atoms with E-state index in [1.165, 1.54) is 4.90 Å². The van der Waals surface area contributed by atoms with E-state index in [9.17, 15) is 4.79 Å². The third kappa shape index (κ3) is 1.51. The van der Waals surface area contributed by atoms with Crippen molar-refractivity contribution in [2.75, 3.05) is 13.1 Å². The fourth-order valence-corrected chi connectivity index (χ4v) is 1.23. The number of hydrogen-bond acceptors (Lipinski definition) is 2. The molecule has 1 aliphatic rings. The summed E-state index contributed by atoms with van der Waals surface area (Å²) >= 11 is 4.14. The minimum atomic E-state index is -0.827. The van der Waals surface area contributed by atoms with Crippen molar-refractivity contribution in [3.63, 3.8) is 0 Å². The Bertz CT molecular complexity index is 128. The Balaban J connectivity index is 2.39. The first-order chi connectivity index (χ1) is 4.20. The first-order valence-corrected chi connectivity index (χ1v) is 3.37. The van der Waals surface area contributed by atoms with E-state index in [0.29, 0.717) is 13.1 Å². The van der Waals surface area contributed by atoms with Crippen LogP contribution >= 0.6 is 12.6 Å². The quantitative estimate of drug-likeness (QED) is 0.494. The lowest BCUT2D eigenvalue weighted by Gasteiger charge is -2.08. The summed E-state index contributed by atoms with van der Waals surface area (Å²) < 4.78 is 0. The van der Waals surface area contributed by atoms with Crippen molar-refractivity contribution in [1.29, 1.82) is 0 Å². The number of rotatable bonds is 0. The molecule has 1 fully saturated rings. The molecule has 0 aromatic carbocycles. The van der Waals surface area contributed by atoms with E-state index in [1.54, 1.807) is 0 Å². The zero-order chi connectivity index (χ0) is 6.85. The number of carboxylic acid groups (broad SMARTS) is 1. The maximum Gasteiger partial charge on any atom is 0.407 e. The van der Waals surface area contributed by atoms with Crippen LogP contribution in [0.3, 0.4) is 0 Å². The first-order valence-electron chi connectivity index (χ1n) is 2.86. The Morgan fingerprint density at radius 3 is 2.67 bits per heavy atom. The van der Waals surface area contributed by atoms with E-state index in [-0.39, 0.29) is 5.25 Å². The molecule has 0 aromatic heterocycles. The van der Waals surface area contributed by atoms with Gasteiger partial charge in [-0.05, 0) is 6.42 Å². The molecule has 0 radical (unpaired) electrons. The molecule has 1 aliphatic heterocycles. The SMILES string of the molecule is O=C(O)N1CC[C@@H](S)C1. The van der Waals surface area contributed by atoms with E-state index >= 15 is 0 Å². The molecule has 0 aliphatic carbocycles. The van der Waals surface area contributed by atoms with Crippen molar-refractivity contribution in [2.45, 2.75) is 11.7 Å². The molecule has 0 saturated carbocycles. The monoisotopic (exact) mass is 147 g/mol. The Labute approximate surface area is 59.1 Å². The van der Waals surface area contributed by atoms with Crippen LogP contribution in [0.1, 0.15) is 6.42 Å². The van der Waals surface area contributed by atoms with Crippen molar-refractivity contribution in [2.24, 2.45) is 0 Å². The third-order valence-electron chi connectivity index (χ3n) is 1.43. The summed E-state index contributed by atoms with van der Waals surface area (Å²) in [4.78, 5) is 11.6.